The number of ether oxygens (including phenoxy) is 1. The number of fused-ring (bicyclic) bond motifs is 1. The average molecular weight is 570 g/mol. The molecular formula is C27H34Cl2N2O5S. The Bertz CT molecular complexity index is 1120. The second kappa shape index (κ2) is 11.5. The predicted octanol–water partition coefficient (Wildman–Crippen LogP) is 5.86. The average Bonchev–Trinajstić information content (AvgIpc) is 3.38. The van der Waals surface area contributed by atoms with Gasteiger partial charge in [-0.2, -0.15) is 0 Å². The van der Waals surface area contributed by atoms with Gasteiger partial charge in [-0.15, -0.1) is 11.3 Å². The smallest absolute Gasteiger partial charge is 0.411 e. The van der Waals surface area contributed by atoms with Crippen LogP contribution in [0.5, 0.6) is 0 Å². The van der Waals surface area contributed by atoms with Crippen LogP contribution in [0.2, 0.25) is 10.0 Å². The zero-order valence-electron chi connectivity index (χ0n) is 21.0. The minimum absolute atomic E-state index is 0.0416. The molecule has 0 bridgehead atoms. The largest absolute Gasteiger partial charge is 0.445 e. The third kappa shape index (κ3) is 5.93. The van der Waals surface area contributed by atoms with Crippen LogP contribution < -0.4 is 10.6 Å². The van der Waals surface area contributed by atoms with Gasteiger partial charge in [-0.25, -0.2) is 4.79 Å². The van der Waals surface area contributed by atoms with Crippen LogP contribution in [0.3, 0.4) is 0 Å². The molecule has 6 atom stereocenters. The summed E-state index contributed by atoms with van der Waals surface area (Å²) in [4.78, 5) is 26.7. The van der Waals surface area contributed by atoms with Crippen molar-refractivity contribution in [1.82, 2.24) is 5.32 Å². The van der Waals surface area contributed by atoms with Crippen LogP contribution in [-0.2, 0) is 16.1 Å². The van der Waals surface area contributed by atoms with Gasteiger partial charge in [-0.3, -0.25) is 10.1 Å². The summed E-state index contributed by atoms with van der Waals surface area (Å²) in [7, 11) is 0. The highest BCUT2D eigenvalue weighted by molar-refractivity contribution is 7.09. The number of hydrogen-bond acceptors (Lipinski definition) is 6. The summed E-state index contributed by atoms with van der Waals surface area (Å²) in [6.45, 7) is 4.35. The number of carbonyl (C=O) groups excluding carboxylic acids is 2. The summed E-state index contributed by atoms with van der Waals surface area (Å²) >= 11 is 13.6. The standard InChI is InChI=1S/C27H34Cl2N2O5S/c1-26-10-9-23(36-25(35)31-16-5-6-19(28)20(29)12-16)27(2,15-32)22(26)8-7-21(33)18(26)13-24(34)30-14-17-4-3-11-37-17/h3-6,11-12,18,21-23,32-33H,7-10,13-15H2,1-2H3,(H,30,34)(H,31,35). The number of aliphatic hydroxyl groups is 2. The van der Waals surface area contributed by atoms with Gasteiger partial charge in [0.2, 0.25) is 5.91 Å². The van der Waals surface area contributed by atoms with Crippen molar-refractivity contribution in [2.24, 2.45) is 22.7 Å². The van der Waals surface area contributed by atoms with Crippen molar-refractivity contribution >= 4 is 52.2 Å². The number of thiophene rings is 1. The number of halogens is 2. The zero-order chi connectivity index (χ0) is 26.8. The van der Waals surface area contributed by atoms with E-state index in [1.807, 2.05) is 24.4 Å². The first-order chi connectivity index (χ1) is 17.6. The van der Waals surface area contributed by atoms with Crippen molar-refractivity contribution in [2.45, 2.75) is 64.7 Å². The van der Waals surface area contributed by atoms with Crippen LogP contribution in [-0.4, -0.2) is 41.0 Å². The van der Waals surface area contributed by atoms with Crippen molar-refractivity contribution in [2.75, 3.05) is 11.9 Å². The minimum atomic E-state index is -0.728. The number of nitrogens with one attached hydrogen (secondary N) is 2. The summed E-state index contributed by atoms with van der Waals surface area (Å²) in [5.74, 6) is -0.393. The SMILES string of the molecule is CC1(CO)C(OC(=O)Nc2ccc(Cl)c(Cl)c2)CCC2(C)C(CC(=O)NCc3cccs3)C(O)CCC12. The zero-order valence-corrected chi connectivity index (χ0v) is 23.3. The molecule has 1 aromatic carbocycles. The van der Waals surface area contributed by atoms with E-state index in [9.17, 15) is 19.8 Å². The molecule has 10 heteroatoms. The van der Waals surface area contributed by atoms with Crippen LogP contribution >= 0.6 is 34.5 Å². The predicted molar refractivity (Wildman–Crippen MR) is 146 cm³/mol. The molecule has 4 N–H and O–H groups in total. The first-order valence-corrected chi connectivity index (χ1v) is 14.2. The van der Waals surface area contributed by atoms with E-state index in [0.29, 0.717) is 48.0 Å². The van der Waals surface area contributed by atoms with Gasteiger partial charge >= 0.3 is 6.09 Å². The van der Waals surface area contributed by atoms with Gasteiger partial charge in [0.1, 0.15) is 6.10 Å². The number of benzene rings is 1. The highest BCUT2D eigenvalue weighted by atomic mass is 35.5. The minimum Gasteiger partial charge on any atom is -0.445 e. The Morgan fingerprint density at radius 2 is 1.95 bits per heavy atom. The topological polar surface area (TPSA) is 108 Å². The van der Waals surface area contributed by atoms with Crippen molar-refractivity contribution in [3.05, 3.63) is 50.6 Å². The Balaban J connectivity index is 1.45. The van der Waals surface area contributed by atoms with Crippen LogP contribution in [0.15, 0.2) is 35.7 Å². The lowest BCUT2D eigenvalue weighted by atomic mass is 9.46. The quantitative estimate of drug-likeness (QED) is 0.334. The molecule has 2 aliphatic rings. The van der Waals surface area contributed by atoms with E-state index in [1.165, 1.54) is 0 Å². The number of rotatable bonds is 7. The van der Waals surface area contributed by atoms with E-state index in [4.69, 9.17) is 27.9 Å². The number of hydrogen-bond donors (Lipinski definition) is 4. The lowest BCUT2D eigenvalue weighted by Crippen LogP contribution is -2.61. The maximum atomic E-state index is 12.9. The molecule has 37 heavy (non-hydrogen) atoms. The van der Waals surface area contributed by atoms with E-state index >= 15 is 0 Å². The maximum Gasteiger partial charge on any atom is 0.411 e. The molecule has 0 saturated heterocycles. The summed E-state index contributed by atoms with van der Waals surface area (Å²) in [6.07, 6.45) is 0.833. The maximum absolute atomic E-state index is 12.9. The van der Waals surface area contributed by atoms with Crippen molar-refractivity contribution in [3.63, 3.8) is 0 Å². The lowest BCUT2D eigenvalue weighted by molar-refractivity contribution is -0.185. The third-order valence-corrected chi connectivity index (χ3v) is 10.2. The highest BCUT2D eigenvalue weighted by Crippen LogP contribution is 2.61. The highest BCUT2D eigenvalue weighted by Gasteiger charge is 2.60. The van der Waals surface area contributed by atoms with Gasteiger partial charge in [0.15, 0.2) is 0 Å². The first kappa shape index (κ1) is 28.2. The lowest BCUT2D eigenvalue weighted by Gasteiger charge is -2.60. The normalized spacial score (nSPS) is 31.3. The second-order valence-electron chi connectivity index (χ2n) is 10.7. The second-order valence-corrected chi connectivity index (χ2v) is 12.6. The van der Waals surface area contributed by atoms with E-state index in [0.717, 1.165) is 4.88 Å². The Labute approximate surface area is 231 Å². The molecule has 1 aromatic heterocycles. The van der Waals surface area contributed by atoms with Gasteiger partial charge in [0.25, 0.3) is 0 Å². The molecule has 0 radical (unpaired) electrons. The molecule has 2 fully saturated rings. The third-order valence-electron chi connectivity index (χ3n) is 8.54. The fourth-order valence-electron chi connectivity index (χ4n) is 6.50. The Morgan fingerprint density at radius 1 is 1.16 bits per heavy atom. The summed E-state index contributed by atoms with van der Waals surface area (Å²) in [5, 5.41) is 29.9. The van der Waals surface area contributed by atoms with Crippen molar-refractivity contribution in [1.29, 1.82) is 0 Å². The molecule has 0 aliphatic heterocycles. The summed E-state index contributed by atoms with van der Waals surface area (Å²) in [6, 6.07) is 8.70. The summed E-state index contributed by atoms with van der Waals surface area (Å²) < 4.78 is 5.86. The van der Waals surface area contributed by atoms with Gasteiger partial charge in [-0.05, 0) is 72.6 Å². The molecule has 202 valence electrons. The van der Waals surface area contributed by atoms with E-state index in [-0.39, 0.29) is 30.8 Å². The number of anilines is 1. The summed E-state index contributed by atoms with van der Waals surface area (Å²) in [5.41, 5.74) is -0.663. The Kier molecular flexibility index (Phi) is 8.75. The van der Waals surface area contributed by atoms with Gasteiger partial charge < -0.3 is 20.3 Å². The number of carbonyl (C=O) groups is 2. The molecule has 0 spiro atoms. The van der Waals surface area contributed by atoms with Crippen LogP contribution in [0.4, 0.5) is 10.5 Å². The monoisotopic (exact) mass is 568 g/mol. The van der Waals surface area contributed by atoms with Crippen molar-refractivity contribution in [3.8, 4) is 0 Å². The van der Waals surface area contributed by atoms with Gasteiger partial charge in [0, 0.05) is 22.4 Å². The molecule has 2 amide bonds. The van der Waals surface area contributed by atoms with Crippen LogP contribution in [0, 0.1) is 22.7 Å². The molecular weight excluding hydrogens is 535 g/mol. The molecule has 7 nitrogen and oxygen atoms in total. The molecule has 6 unspecified atom stereocenters. The van der Waals surface area contributed by atoms with Gasteiger partial charge in [-0.1, -0.05) is 43.1 Å². The molecule has 2 saturated carbocycles. The molecule has 2 aliphatic carbocycles. The van der Waals surface area contributed by atoms with Crippen LogP contribution in [0.25, 0.3) is 0 Å². The first-order valence-electron chi connectivity index (χ1n) is 12.6. The van der Waals surface area contributed by atoms with E-state index < -0.39 is 29.1 Å². The van der Waals surface area contributed by atoms with Gasteiger partial charge in [0.05, 0.1) is 29.3 Å². The Hall–Kier alpha value is -1.84. The molecule has 4 rings (SSSR count). The Morgan fingerprint density at radius 3 is 2.62 bits per heavy atom. The van der Waals surface area contributed by atoms with E-state index in [2.05, 4.69) is 17.6 Å². The van der Waals surface area contributed by atoms with E-state index in [1.54, 1.807) is 29.5 Å². The fourth-order valence-corrected chi connectivity index (χ4v) is 7.44. The fraction of sp³-hybridized carbons (Fsp3) is 0.556. The molecule has 1 heterocycles. The van der Waals surface area contributed by atoms with Crippen molar-refractivity contribution < 1.29 is 24.5 Å². The van der Waals surface area contributed by atoms with Crippen LogP contribution in [0.1, 0.15) is 50.8 Å². The number of aliphatic hydroxyl groups excluding tert-OH is 2. The number of amides is 2. The molecule has 2 aromatic rings.